The van der Waals surface area contributed by atoms with Crippen molar-refractivity contribution in [2.24, 2.45) is 0 Å². The van der Waals surface area contributed by atoms with Gasteiger partial charge in [0.15, 0.2) is 13.2 Å². The van der Waals surface area contributed by atoms with Gasteiger partial charge in [0, 0.05) is 22.7 Å². The largest absolute Gasteiger partial charge is 0.455 e. The smallest absolute Gasteiger partial charge is 0.339 e. The first-order valence-corrected chi connectivity index (χ1v) is 8.02. The Hall–Kier alpha value is -3.04. The number of nitrogens with zero attached hydrogens (tertiary/aromatic N) is 2. The Morgan fingerprint density at radius 2 is 1.23 bits per heavy atom. The van der Waals surface area contributed by atoms with E-state index in [0.717, 1.165) is 0 Å². The molecule has 10 nitrogen and oxygen atoms in total. The van der Waals surface area contributed by atoms with E-state index in [1.807, 2.05) is 0 Å². The van der Waals surface area contributed by atoms with Crippen molar-refractivity contribution >= 4 is 11.9 Å². The fraction of sp³-hybridized carbons (Fsp3) is 0.500. The second-order valence-electron chi connectivity index (χ2n) is 5.44. The summed E-state index contributed by atoms with van der Waals surface area (Å²) < 4.78 is 9.84. The molecule has 2 atom stereocenters. The summed E-state index contributed by atoms with van der Waals surface area (Å²) in [6, 6.07) is 3.54. The predicted molar refractivity (Wildman–Crippen MR) is 89.2 cm³/mol. The molecular weight excluding hydrogens is 348 g/mol. The molecule has 1 aromatic rings. The number of rotatable bonds is 10. The molecule has 0 radical (unpaired) electrons. The third-order valence-electron chi connectivity index (χ3n) is 3.72. The van der Waals surface area contributed by atoms with Gasteiger partial charge in [-0.25, -0.2) is 9.59 Å². The summed E-state index contributed by atoms with van der Waals surface area (Å²) in [5.74, 6) is -1.81. The lowest BCUT2D eigenvalue weighted by molar-refractivity contribution is -0.525. The molecule has 0 aliphatic rings. The maximum Gasteiger partial charge on any atom is 0.339 e. The van der Waals surface area contributed by atoms with E-state index in [4.69, 9.17) is 9.47 Å². The van der Waals surface area contributed by atoms with E-state index in [0.29, 0.717) is 0 Å². The van der Waals surface area contributed by atoms with Gasteiger partial charge in [0.25, 0.3) is 0 Å². The first kappa shape index (κ1) is 21.0. The molecule has 0 aromatic heterocycles. The second kappa shape index (κ2) is 10.1. The molecule has 0 spiro atoms. The lowest BCUT2D eigenvalue weighted by Crippen LogP contribution is -2.28. The van der Waals surface area contributed by atoms with Crippen LogP contribution in [-0.2, 0) is 9.47 Å². The highest BCUT2D eigenvalue weighted by atomic mass is 16.6. The van der Waals surface area contributed by atoms with Crippen LogP contribution in [-0.4, -0.2) is 47.1 Å². The minimum Gasteiger partial charge on any atom is -0.455 e. The second-order valence-corrected chi connectivity index (χ2v) is 5.44. The summed E-state index contributed by atoms with van der Waals surface area (Å²) in [6.07, 6.45) is 0.368. The quantitative estimate of drug-likeness (QED) is 0.347. The normalized spacial score (nSPS) is 12.7. The third-order valence-corrected chi connectivity index (χ3v) is 3.72. The fourth-order valence-electron chi connectivity index (χ4n) is 1.99. The van der Waals surface area contributed by atoms with Crippen LogP contribution in [0.25, 0.3) is 0 Å². The van der Waals surface area contributed by atoms with Crippen molar-refractivity contribution in [2.45, 2.75) is 38.8 Å². The molecule has 1 rings (SSSR count). The van der Waals surface area contributed by atoms with E-state index in [9.17, 15) is 29.8 Å². The van der Waals surface area contributed by atoms with Gasteiger partial charge >= 0.3 is 11.9 Å². The molecule has 10 heteroatoms. The average Bonchev–Trinajstić information content (AvgIpc) is 2.61. The van der Waals surface area contributed by atoms with Gasteiger partial charge in [-0.15, -0.1) is 0 Å². The van der Waals surface area contributed by atoms with Crippen molar-refractivity contribution in [2.75, 3.05) is 13.2 Å². The zero-order chi connectivity index (χ0) is 19.7. The highest BCUT2D eigenvalue weighted by molar-refractivity contribution is 6.03. The van der Waals surface area contributed by atoms with Crippen LogP contribution in [0, 0.1) is 20.2 Å². The van der Waals surface area contributed by atoms with Crippen molar-refractivity contribution in [3.63, 3.8) is 0 Å². The lowest BCUT2D eigenvalue weighted by Gasteiger charge is -2.12. The maximum atomic E-state index is 12.2. The van der Waals surface area contributed by atoms with Gasteiger partial charge in [-0.3, -0.25) is 20.2 Å². The topological polar surface area (TPSA) is 139 Å². The molecule has 0 N–H and O–H groups in total. The third kappa shape index (κ3) is 5.80. The van der Waals surface area contributed by atoms with E-state index in [-0.39, 0.29) is 24.0 Å². The van der Waals surface area contributed by atoms with Gasteiger partial charge in [0.1, 0.15) is 0 Å². The van der Waals surface area contributed by atoms with Crippen LogP contribution in [0.2, 0.25) is 0 Å². The van der Waals surface area contributed by atoms with Gasteiger partial charge < -0.3 is 9.47 Å². The molecule has 0 fully saturated rings. The Morgan fingerprint density at radius 1 is 0.885 bits per heavy atom. The van der Waals surface area contributed by atoms with Gasteiger partial charge in [0.05, 0.1) is 11.1 Å². The number of carbonyl (C=O) groups excluding carboxylic acids is 2. The zero-order valence-corrected chi connectivity index (χ0v) is 14.5. The lowest BCUT2D eigenvalue weighted by atomic mass is 10.1. The van der Waals surface area contributed by atoms with Crippen molar-refractivity contribution in [1.82, 2.24) is 0 Å². The first-order valence-electron chi connectivity index (χ1n) is 8.02. The molecule has 0 heterocycles. The van der Waals surface area contributed by atoms with E-state index in [1.54, 1.807) is 13.8 Å². The summed E-state index contributed by atoms with van der Waals surface area (Å²) in [5, 5.41) is 21.5. The number of esters is 2. The molecule has 142 valence electrons. The molecule has 2 unspecified atom stereocenters. The van der Waals surface area contributed by atoms with Crippen LogP contribution in [0.1, 0.15) is 47.4 Å². The Bertz CT molecular complexity index is 619. The highest BCUT2D eigenvalue weighted by Gasteiger charge is 2.25. The van der Waals surface area contributed by atoms with Crippen LogP contribution >= 0.6 is 0 Å². The Labute approximate surface area is 149 Å². The Balaban J connectivity index is 2.83. The number of hydrogen-bond acceptors (Lipinski definition) is 8. The van der Waals surface area contributed by atoms with Crippen LogP contribution in [0.15, 0.2) is 24.3 Å². The first-order chi connectivity index (χ1) is 12.3. The molecule has 0 aliphatic heterocycles. The van der Waals surface area contributed by atoms with Crippen LogP contribution in [0.3, 0.4) is 0 Å². The van der Waals surface area contributed by atoms with E-state index in [2.05, 4.69) is 0 Å². The zero-order valence-electron chi connectivity index (χ0n) is 14.5. The van der Waals surface area contributed by atoms with Gasteiger partial charge in [0.2, 0.25) is 12.1 Å². The molecule has 0 saturated heterocycles. The number of hydrogen-bond donors (Lipinski definition) is 0. The maximum absolute atomic E-state index is 12.2. The van der Waals surface area contributed by atoms with Crippen LogP contribution in [0.4, 0.5) is 0 Å². The molecule has 0 saturated carbocycles. The monoisotopic (exact) mass is 368 g/mol. The number of ether oxygens (including phenoxy) is 2. The summed E-state index contributed by atoms with van der Waals surface area (Å²) in [5.41, 5.74) is -0.241. The SMILES string of the molecule is CCC(COC(=O)c1ccccc1C(=O)OCC(CC)[N+](=O)[O-])[N+](=O)[O-]. The van der Waals surface area contributed by atoms with Gasteiger partial charge in [-0.2, -0.15) is 0 Å². The molecule has 1 aromatic carbocycles. The molecule has 26 heavy (non-hydrogen) atoms. The van der Waals surface area contributed by atoms with Gasteiger partial charge in [-0.1, -0.05) is 26.0 Å². The summed E-state index contributed by atoms with van der Waals surface area (Å²) >= 11 is 0. The van der Waals surface area contributed by atoms with Crippen molar-refractivity contribution in [3.8, 4) is 0 Å². The number of nitro groups is 2. The van der Waals surface area contributed by atoms with E-state index < -0.39 is 47.1 Å². The predicted octanol–water partition coefficient (Wildman–Crippen LogP) is 2.11. The van der Waals surface area contributed by atoms with Crippen LogP contribution in [0.5, 0.6) is 0 Å². The van der Waals surface area contributed by atoms with Crippen molar-refractivity contribution in [1.29, 1.82) is 0 Å². The summed E-state index contributed by atoms with van der Waals surface area (Å²) in [4.78, 5) is 44.8. The van der Waals surface area contributed by atoms with Gasteiger partial charge in [-0.05, 0) is 12.1 Å². The average molecular weight is 368 g/mol. The molecule has 0 aliphatic carbocycles. The number of benzene rings is 1. The standard InChI is InChI=1S/C16H20N2O8/c1-3-11(17(21)22)9-25-15(19)13-7-5-6-8-14(13)16(20)26-10-12(4-2)18(23)24/h5-8,11-12H,3-4,9-10H2,1-2H3. The minimum atomic E-state index is -1.04. The van der Waals surface area contributed by atoms with E-state index >= 15 is 0 Å². The summed E-state index contributed by atoms with van der Waals surface area (Å²) in [6.45, 7) is 2.33. The van der Waals surface area contributed by atoms with Crippen molar-refractivity contribution in [3.05, 3.63) is 55.6 Å². The minimum absolute atomic E-state index is 0.121. The van der Waals surface area contributed by atoms with Crippen LogP contribution < -0.4 is 0 Å². The summed E-state index contributed by atoms with van der Waals surface area (Å²) in [7, 11) is 0. The Kier molecular flexibility index (Phi) is 8.13. The van der Waals surface area contributed by atoms with E-state index in [1.165, 1.54) is 24.3 Å². The van der Waals surface area contributed by atoms with Crippen molar-refractivity contribution < 1.29 is 28.9 Å². The molecular formula is C16H20N2O8. The molecule has 0 bridgehead atoms. The Morgan fingerprint density at radius 3 is 1.50 bits per heavy atom. The number of carbonyl (C=O) groups is 2. The fourth-order valence-corrected chi connectivity index (χ4v) is 1.99. The highest BCUT2D eigenvalue weighted by Crippen LogP contribution is 2.13. The molecule has 0 amide bonds.